The molecule has 0 aliphatic carbocycles. The van der Waals surface area contributed by atoms with E-state index in [1.807, 2.05) is 0 Å². The van der Waals surface area contributed by atoms with Gasteiger partial charge in [-0.05, 0) is 6.42 Å². The summed E-state index contributed by atoms with van der Waals surface area (Å²) >= 11 is 0. The molecule has 0 rings (SSSR count). The van der Waals surface area contributed by atoms with Crippen molar-refractivity contribution < 1.29 is 26.3 Å². The predicted octanol–water partition coefficient (Wildman–Crippen LogP) is 3.14. The van der Waals surface area contributed by atoms with E-state index in [9.17, 15) is 26.3 Å². The first-order chi connectivity index (χ1) is 5.19. The van der Waals surface area contributed by atoms with E-state index in [4.69, 9.17) is 0 Å². The molecule has 0 unspecified atom stereocenters. The Morgan fingerprint density at radius 1 is 1.08 bits per heavy atom. The van der Waals surface area contributed by atoms with Crippen LogP contribution in [0.5, 0.6) is 0 Å². The molecule has 0 heterocycles. The lowest BCUT2D eigenvalue weighted by Crippen LogP contribution is -2.34. The quantitative estimate of drug-likeness (QED) is 0.604. The zero-order valence-electron chi connectivity index (χ0n) is 5.97. The lowest BCUT2D eigenvalue weighted by atomic mass is 10.1. The van der Waals surface area contributed by atoms with Gasteiger partial charge in [0.15, 0.2) is 6.17 Å². The van der Waals surface area contributed by atoms with Crippen LogP contribution in [0, 0.1) is 6.92 Å². The Labute approximate surface area is 65.6 Å². The molecule has 1 atom stereocenters. The second-order valence-electron chi connectivity index (χ2n) is 2.31. The Balaban J connectivity index is 4.22. The molecule has 0 fully saturated rings. The zero-order chi connectivity index (χ0) is 9.99. The van der Waals surface area contributed by atoms with Crippen molar-refractivity contribution in [3.05, 3.63) is 6.92 Å². The fourth-order valence-electron chi connectivity index (χ4n) is 0.589. The van der Waals surface area contributed by atoms with Gasteiger partial charge < -0.3 is 0 Å². The van der Waals surface area contributed by atoms with Crippen molar-refractivity contribution >= 4 is 0 Å². The standard InChI is InChI=1S/C6H7F6/c1-2-4(7)5(8,9)3-6(10,11)12/h4H,1-3H2/t4-/m0/s1. The number of rotatable bonds is 3. The van der Waals surface area contributed by atoms with Crippen molar-refractivity contribution in [2.24, 2.45) is 0 Å². The Bertz CT molecular complexity index is 137. The fourth-order valence-corrected chi connectivity index (χ4v) is 0.589. The van der Waals surface area contributed by atoms with Crippen LogP contribution in [0.4, 0.5) is 26.3 Å². The van der Waals surface area contributed by atoms with Crippen LogP contribution in [0.25, 0.3) is 0 Å². The van der Waals surface area contributed by atoms with Gasteiger partial charge in [0.1, 0.15) is 6.42 Å². The van der Waals surface area contributed by atoms with E-state index in [-0.39, 0.29) is 0 Å². The molecule has 0 aromatic heterocycles. The van der Waals surface area contributed by atoms with E-state index in [1.165, 1.54) is 0 Å². The number of halogens is 6. The normalized spacial score (nSPS) is 16.2. The first-order valence-electron chi connectivity index (χ1n) is 3.07. The molecule has 0 amide bonds. The van der Waals surface area contributed by atoms with Crippen LogP contribution in [0.15, 0.2) is 0 Å². The van der Waals surface area contributed by atoms with E-state index in [0.29, 0.717) is 0 Å². The van der Waals surface area contributed by atoms with Gasteiger partial charge in [-0.2, -0.15) is 13.2 Å². The average Bonchev–Trinajstić information content (AvgIpc) is 1.80. The molecule has 1 radical (unpaired) electrons. The molecule has 0 spiro atoms. The van der Waals surface area contributed by atoms with Crippen molar-refractivity contribution in [3.8, 4) is 0 Å². The van der Waals surface area contributed by atoms with Crippen LogP contribution in [-0.4, -0.2) is 18.3 Å². The van der Waals surface area contributed by atoms with Crippen LogP contribution in [-0.2, 0) is 0 Å². The summed E-state index contributed by atoms with van der Waals surface area (Å²) in [5, 5.41) is 0. The number of alkyl halides is 6. The summed E-state index contributed by atoms with van der Waals surface area (Å²) in [6.45, 7) is 2.76. The third-order valence-corrected chi connectivity index (χ3v) is 1.15. The van der Waals surface area contributed by atoms with E-state index in [1.54, 1.807) is 0 Å². The van der Waals surface area contributed by atoms with Gasteiger partial charge in [-0.3, -0.25) is 0 Å². The Hall–Kier alpha value is -0.420. The summed E-state index contributed by atoms with van der Waals surface area (Å²) in [6.07, 6.45) is -11.2. The number of hydrogen-bond acceptors (Lipinski definition) is 0. The maximum absolute atomic E-state index is 12.2. The van der Waals surface area contributed by atoms with Crippen LogP contribution < -0.4 is 0 Å². The molecule has 6 heteroatoms. The van der Waals surface area contributed by atoms with Gasteiger partial charge in [-0.1, -0.05) is 6.92 Å². The molecule has 0 aromatic carbocycles. The highest BCUT2D eigenvalue weighted by Gasteiger charge is 2.48. The predicted molar refractivity (Wildman–Crippen MR) is 30.5 cm³/mol. The second-order valence-corrected chi connectivity index (χ2v) is 2.31. The molecule has 0 saturated heterocycles. The smallest absolute Gasteiger partial charge is 0.241 e. The molecular formula is C6H7F6. The Morgan fingerprint density at radius 3 is 1.75 bits per heavy atom. The molecule has 12 heavy (non-hydrogen) atoms. The minimum Gasteiger partial charge on any atom is -0.241 e. The molecule has 0 bridgehead atoms. The van der Waals surface area contributed by atoms with Crippen molar-refractivity contribution in [2.45, 2.75) is 31.1 Å². The summed E-state index contributed by atoms with van der Waals surface area (Å²) in [6, 6.07) is 0. The molecular weight excluding hydrogens is 186 g/mol. The van der Waals surface area contributed by atoms with Gasteiger partial charge in [-0.15, -0.1) is 0 Å². The highest BCUT2D eigenvalue weighted by molar-refractivity contribution is 4.80. The lowest BCUT2D eigenvalue weighted by molar-refractivity contribution is -0.204. The zero-order valence-corrected chi connectivity index (χ0v) is 5.97. The maximum atomic E-state index is 12.2. The minimum absolute atomic E-state index is 0.872. The molecule has 73 valence electrons. The maximum Gasteiger partial charge on any atom is 0.394 e. The summed E-state index contributed by atoms with van der Waals surface area (Å²) in [7, 11) is 0. The Morgan fingerprint density at radius 2 is 1.50 bits per heavy atom. The van der Waals surface area contributed by atoms with Gasteiger partial charge in [-0.25, -0.2) is 13.2 Å². The van der Waals surface area contributed by atoms with Gasteiger partial charge in [0.2, 0.25) is 0 Å². The van der Waals surface area contributed by atoms with E-state index < -0.39 is 31.1 Å². The first-order valence-corrected chi connectivity index (χ1v) is 3.07. The van der Waals surface area contributed by atoms with Crippen molar-refractivity contribution in [1.29, 1.82) is 0 Å². The first kappa shape index (κ1) is 11.6. The van der Waals surface area contributed by atoms with Crippen LogP contribution in [0.1, 0.15) is 12.8 Å². The summed E-state index contributed by atoms with van der Waals surface area (Å²) in [5.74, 6) is -4.36. The molecule has 0 nitrogen and oxygen atoms in total. The molecule has 0 aromatic rings. The van der Waals surface area contributed by atoms with E-state index >= 15 is 0 Å². The van der Waals surface area contributed by atoms with Crippen molar-refractivity contribution in [3.63, 3.8) is 0 Å². The molecule has 0 N–H and O–H groups in total. The van der Waals surface area contributed by atoms with Gasteiger partial charge in [0, 0.05) is 0 Å². The number of hydrogen-bond donors (Lipinski definition) is 0. The summed E-state index contributed by atoms with van der Waals surface area (Å²) in [5.41, 5.74) is 0. The average molecular weight is 193 g/mol. The van der Waals surface area contributed by atoms with Crippen molar-refractivity contribution in [2.75, 3.05) is 0 Å². The van der Waals surface area contributed by atoms with E-state index in [2.05, 4.69) is 6.92 Å². The summed E-state index contributed by atoms with van der Waals surface area (Å²) < 4.78 is 70.6. The second kappa shape index (κ2) is 3.53. The van der Waals surface area contributed by atoms with Gasteiger partial charge in [0.25, 0.3) is 5.92 Å². The third-order valence-electron chi connectivity index (χ3n) is 1.15. The Kier molecular flexibility index (Phi) is 3.41. The molecule has 0 aliphatic heterocycles. The monoisotopic (exact) mass is 193 g/mol. The van der Waals surface area contributed by atoms with Gasteiger partial charge in [0.05, 0.1) is 0 Å². The van der Waals surface area contributed by atoms with Crippen molar-refractivity contribution in [1.82, 2.24) is 0 Å². The van der Waals surface area contributed by atoms with Crippen LogP contribution in [0.2, 0.25) is 0 Å². The minimum atomic E-state index is -5.05. The van der Waals surface area contributed by atoms with Crippen LogP contribution >= 0.6 is 0 Å². The lowest BCUT2D eigenvalue weighted by Gasteiger charge is -2.20. The SMILES string of the molecule is [CH2]C[C@H](F)C(F)(F)CC(F)(F)F. The largest absolute Gasteiger partial charge is 0.394 e. The van der Waals surface area contributed by atoms with Crippen LogP contribution in [0.3, 0.4) is 0 Å². The summed E-state index contributed by atoms with van der Waals surface area (Å²) in [4.78, 5) is 0. The fraction of sp³-hybridized carbons (Fsp3) is 0.833. The third kappa shape index (κ3) is 3.82. The highest BCUT2D eigenvalue weighted by atomic mass is 19.4. The molecule has 0 saturated carbocycles. The topological polar surface area (TPSA) is 0 Å². The highest BCUT2D eigenvalue weighted by Crippen LogP contribution is 2.35. The van der Waals surface area contributed by atoms with Gasteiger partial charge >= 0.3 is 6.18 Å². The van der Waals surface area contributed by atoms with E-state index in [0.717, 1.165) is 0 Å². The molecule has 0 aliphatic rings.